The first kappa shape index (κ1) is 20.2. The standard InChI is InChI=1S/C25H30N4O/c1-17-15-21(19(3)28(17)22-12-13-22)11-14-25(30)27(5)16-24-18(2)26-29(20(24)4)23-9-7-6-8-10-23/h6-11,14-15,22H,12-13,16H2,1-5H3/b14-11+. The number of nitrogens with zero attached hydrogens (tertiary/aromatic N) is 4. The van der Waals surface area contributed by atoms with E-state index < -0.39 is 0 Å². The summed E-state index contributed by atoms with van der Waals surface area (Å²) in [5.41, 5.74) is 7.79. The Labute approximate surface area is 178 Å². The molecule has 4 rings (SSSR count). The molecule has 1 fully saturated rings. The fourth-order valence-corrected chi connectivity index (χ4v) is 4.19. The molecule has 0 saturated heterocycles. The molecule has 1 amide bonds. The second-order valence-electron chi connectivity index (χ2n) is 8.35. The number of benzene rings is 1. The molecule has 3 aromatic rings. The van der Waals surface area contributed by atoms with Crippen molar-refractivity contribution in [2.75, 3.05) is 7.05 Å². The summed E-state index contributed by atoms with van der Waals surface area (Å²) in [6.45, 7) is 8.89. The Morgan fingerprint density at radius 3 is 2.50 bits per heavy atom. The van der Waals surface area contributed by atoms with Crippen molar-refractivity contribution < 1.29 is 4.79 Å². The third-order valence-corrected chi connectivity index (χ3v) is 6.05. The molecule has 1 aliphatic carbocycles. The Morgan fingerprint density at radius 2 is 1.83 bits per heavy atom. The Bertz CT molecular complexity index is 1100. The van der Waals surface area contributed by atoms with E-state index in [9.17, 15) is 4.79 Å². The van der Waals surface area contributed by atoms with E-state index in [0.29, 0.717) is 12.6 Å². The van der Waals surface area contributed by atoms with Crippen LogP contribution in [-0.4, -0.2) is 32.2 Å². The summed E-state index contributed by atoms with van der Waals surface area (Å²) in [6, 6.07) is 12.9. The number of likely N-dealkylation sites (N-methyl/N-ethyl adjacent to an activating group) is 1. The summed E-state index contributed by atoms with van der Waals surface area (Å²) in [6.07, 6.45) is 6.16. The first-order chi connectivity index (χ1) is 14.4. The maximum absolute atomic E-state index is 12.8. The Balaban J connectivity index is 1.49. The third kappa shape index (κ3) is 3.84. The van der Waals surface area contributed by atoms with Gasteiger partial charge in [0.1, 0.15) is 0 Å². The van der Waals surface area contributed by atoms with Crippen molar-refractivity contribution in [3.63, 3.8) is 0 Å². The van der Waals surface area contributed by atoms with Gasteiger partial charge >= 0.3 is 0 Å². The number of hydrogen-bond donors (Lipinski definition) is 0. The maximum atomic E-state index is 12.8. The fraction of sp³-hybridized carbons (Fsp3) is 0.360. The Morgan fingerprint density at radius 1 is 1.13 bits per heavy atom. The van der Waals surface area contributed by atoms with Gasteiger partial charge in [0.15, 0.2) is 0 Å². The number of rotatable bonds is 6. The number of carbonyl (C=O) groups is 1. The monoisotopic (exact) mass is 402 g/mol. The minimum atomic E-state index is -0.00233. The van der Waals surface area contributed by atoms with Crippen LogP contribution in [0.2, 0.25) is 0 Å². The lowest BCUT2D eigenvalue weighted by atomic mass is 10.1. The van der Waals surface area contributed by atoms with Crippen LogP contribution in [0.5, 0.6) is 0 Å². The van der Waals surface area contributed by atoms with E-state index in [0.717, 1.165) is 28.2 Å². The first-order valence-electron chi connectivity index (χ1n) is 10.6. The molecule has 1 aromatic carbocycles. The molecule has 0 N–H and O–H groups in total. The van der Waals surface area contributed by atoms with Gasteiger partial charge < -0.3 is 9.47 Å². The predicted octanol–water partition coefficient (Wildman–Crippen LogP) is 4.91. The molecule has 1 aliphatic rings. The first-order valence-corrected chi connectivity index (χ1v) is 10.6. The molecular formula is C25H30N4O. The highest BCUT2D eigenvalue weighted by Gasteiger charge is 2.26. The lowest BCUT2D eigenvalue weighted by Crippen LogP contribution is -2.24. The number of aromatic nitrogens is 3. The average Bonchev–Trinajstić information content (AvgIpc) is 3.47. The van der Waals surface area contributed by atoms with E-state index in [1.54, 1.807) is 11.0 Å². The van der Waals surface area contributed by atoms with Crippen molar-refractivity contribution in [2.45, 2.75) is 53.1 Å². The van der Waals surface area contributed by atoms with Gasteiger partial charge in [-0.25, -0.2) is 4.68 Å². The average molecular weight is 403 g/mol. The molecule has 5 nitrogen and oxygen atoms in total. The van der Waals surface area contributed by atoms with Crippen LogP contribution in [0.3, 0.4) is 0 Å². The molecule has 30 heavy (non-hydrogen) atoms. The van der Waals surface area contributed by atoms with Gasteiger partial charge in [0.05, 0.1) is 11.4 Å². The minimum Gasteiger partial charge on any atom is -0.346 e. The summed E-state index contributed by atoms with van der Waals surface area (Å²) >= 11 is 0. The van der Waals surface area contributed by atoms with E-state index in [1.807, 2.05) is 55.1 Å². The van der Waals surface area contributed by atoms with E-state index in [-0.39, 0.29) is 5.91 Å². The summed E-state index contributed by atoms with van der Waals surface area (Å²) in [5, 5.41) is 4.69. The normalized spacial score (nSPS) is 13.9. The lowest BCUT2D eigenvalue weighted by Gasteiger charge is -2.15. The van der Waals surface area contributed by atoms with Crippen LogP contribution in [-0.2, 0) is 11.3 Å². The molecule has 156 valence electrons. The van der Waals surface area contributed by atoms with Crippen LogP contribution in [0.25, 0.3) is 11.8 Å². The van der Waals surface area contributed by atoms with Crippen LogP contribution in [0, 0.1) is 27.7 Å². The second kappa shape index (κ2) is 7.98. The van der Waals surface area contributed by atoms with Crippen LogP contribution in [0.1, 0.15) is 52.8 Å². The molecule has 0 spiro atoms. The van der Waals surface area contributed by atoms with Crippen molar-refractivity contribution in [3.8, 4) is 5.69 Å². The van der Waals surface area contributed by atoms with Gasteiger partial charge in [-0.3, -0.25) is 4.79 Å². The zero-order chi connectivity index (χ0) is 21.4. The molecule has 0 unspecified atom stereocenters. The third-order valence-electron chi connectivity index (χ3n) is 6.05. The largest absolute Gasteiger partial charge is 0.346 e. The maximum Gasteiger partial charge on any atom is 0.246 e. The lowest BCUT2D eigenvalue weighted by molar-refractivity contribution is -0.125. The summed E-state index contributed by atoms with van der Waals surface area (Å²) in [4.78, 5) is 14.5. The van der Waals surface area contributed by atoms with E-state index in [2.05, 4.69) is 31.4 Å². The summed E-state index contributed by atoms with van der Waals surface area (Å²) in [5.74, 6) is -0.00233. The molecular weight excluding hydrogens is 372 g/mol. The number of para-hydroxylation sites is 1. The van der Waals surface area contributed by atoms with Gasteiger partial charge in [0.2, 0.25) is 5.91 Å². The van der Waals surface area contributed by atoms with Gasteiger partial charge in [-0.1, -0.05) is 18.2 Å². The van der Waals surface area contributed by atoms with Gasteiger partial charge in [0, 0.05) is 48.4 Å². The number of carbonyl (C=O) groups excluding carboxylic acids is 1. The van der Waals surface area contributed by atoms with Crippen molar-refractivity contribution in [1.29, 1.82) is 0 Å². The SMILES string of the molecule is Cc1nn(-c2ccccc2)c(C)c1CN(C)C(=O)/C=C/c1cc(C)n(C2CC2)c1C. The molecule has 0 radical (unpaired) electrons. The highest BCUT2D eigenvalue weighted by atomic mass is 16.2. The highest BCUT2D eigenvalue weighted by Crippen LogP contribution is 2.38. The molecule has 1 saturated carbocycles. The van der Waals surface area contributed by atoms with Crippen molar-refractivity contribution >= 4 is 12.0 Å². The molecule has 0 atom stereocenters. The number of hydrogen-bond acceptors (Lipinski definition) is 2. The topological polar surface area (TPSA) is 43.1 Å². The molecule has 2 aromatic heterocycles. The molecule has 0 bridgehead atoms. The Kier molecular flexibility index (Phi) is 5.37. The minimum absolute atomic E-state index is 0.00233. The van der Waals surface area contributed by atoms with Crippen molar-refractivity contribution in [3.05, 3.63) is 76.4 Å². The molecule has 2 heterocycles. The number of aryl methyl sites for hydroxylation is 2. The molecule has 5 heteroatoms. The zero-order valence-electron chi connectivity index (χ0n) is 18.5. The van der Waals surface area contributed by atoms with Gasteiger partial charge in [0.25, 0.3) is 0 Å². The molecule has 0 aliphatic heterocycles. The fourth-order valence-electron chi connectivity index (χ4n) is 4.19. The smallest absolute Gasteiger partial charge is 0.246 e. The number of amides is 1. The van der Waals surface area contributed by atoms with Crippen molar-refractivity contribution in [2.24, 2.45) is 0 Å². The summed E-state index contributed by atoms with van der Waals surface area (Å²) in [7, 11) is 1.85. The van der Waals surface area contributed by atoms with Crippen LogP contribution < -0.4 is 0 Å². The van der Waals surface area contributed by atoms with E-state index in [4.69, 9.17) is 5.10 Å². The van der Waals surface area contributed by atoms with Crippen LogP contribution in [0.4, 0.5) is 0 Å². The van der Waals surface area contributed by atoms with Gasteiger partial charge in [-0.2, -0.15) is 5.10 Å². The van der Waals surface area contributed by atoms with Gasteiger partial charge in [-0.05, 0) is 70.4 Å². The van der Waals surface area contributed by atoms with Crippen LogP contribution in [0.15, 0.2) is 42.5 Å². The quantitative estimate of drug-likeness (QED) is 0.550. The summed E-state index contributed by atoms with van der Waals surface area (Å²) < 4.78 is 4.35. The van der Waals surface area contributed by atoms with E-state index in [1.165, 1.54) is 24.2 Å². The second-order valence-corrected chi connectivity index (χ2v) is 8.35. The van der Waals surface area contributed by atoms with Crippen molar-refractivity contribution in [1.82, 2.24) is 19.2 Å². The Hall–Kier alpha value is -3.08. The van der Waals surface area contributed by atoms with E-state index >= 15 is 0 Å². The van der Waals surface area contributed by atoms with Crippen LogP contribution >= 0.6 is 0 Å². The van der Waals surface area contributed by atoms with Gasteiger partial charge in [-0.15, -0.1) is 0 Å². The highest BCUT2D eigenvalue weighted by molar-refractivity contribution is 5.91. The zero-order valence-corrected chi connectivity index (χ0v) is 18.5. The predicted molar refractivity (Wildman–Crippen MR) is 121 cm³/mol.